The molecule has 7 amide bonds. The molecule has 0 bridgehead atoms. The van der Waals surface area contributed by atoms with Crippen LogP contribution in [-0.2, 0) is 81.0 Å². The third kappa shape index (κ3) is 27.9. The smallest absolute Gasteiger partial charge is 0.370 e. The van der Waals surface area contributed by atoms with Gasteiger partial charge in [-0.2, -0.15) is 0 Å². The minimum Gasteiger partial charge on any atom is -0.478 e. The van der Waals surface area contributed by atoms with Gasteiger partial charge in [-0.05, 0) is 12.2 Å². The third-order valence-electron chi connectivity index (χ3n) is 11.4. The number of aliphatic carboxylic acids is 2. The highest BCUT2D eigenvalue weighted by Crippen LogP contribution is 2.26. The van der Waals surface area contributed by atoms with Crippen LogP contribution >= 0.6 is 0 Å². The molecule has 36 nitrogen and oxygen atoms in total. The number of carboxylic acid groups (broad SMARTS) is 2. The molecule has 0 aromatic heterocycles. The Hall–Kier alpha value is -7.99. The van der Waals surface area contributed by atoms with Crippen molar-refractivity contribution in [3.8, 4) is 12.3 Å². The second-order valence-electron chi connectivity index (χ2n) is 18.0. The number of aliphatic hydroxyl groups excluding tert-OH is 4. The summed E-state index contributed by atoms with van der Waals surface area (Å²) in [5, 5.41) is 95.4. The first-order chi connectivity index (χ1) is 39.9. The van der Waals surface area contributed by atoms with Crippen molar-refractivity contribution >= 4 is 65.2 Å². The van der Waals surface area contributed by atoms with E-state index in [2.05, 4.69) is 48.5 Å². The Morgan fingerprint density at radius 1 is 0.607 bits per heavy atom. The van der Waals surface area contributed by atoms with Crippen LogP contribution in [0.2, 0.25) is 0 Å². The fourth-order valence-electron chi connectivity index (χ4n) is 7.79. The number of carbonyl (C=O) groups is 9. The van der Waals surface area contributed by atoms with E-state index in [0.29, 0.717) is 13.2 Å². The Morgan fingerprint density at radius 3 is 1.30 bits per heavy atom. The average Bonchev–Trinajstić information content (AvgIpc) is 1.79. The van der Waals surface area contributed by atoms with Crippen molar-refractivity contribution in [2.45, 2.75) is 81.1 Å². The molecular weight excluding hydrogens is 1130 g/mol. The third-order valence-corrected chi connectivity index (χ3v) is 11.4. The molecule has 0 saturated carbocycles. The molecule has 0 fully saturated rings. The van der Waals surface area contributed by atoms with E-state index in [4.69, 9.17) is 66.6 Å². The number of hydrogen-bond donors (Lipinski definition) is 18. The van der Waals surface area contributed by atoms with E-state index in [1.807, 2.05) is 0 Å². The summed E-state index contributed by atoms with van der Waals surface area (Å²) in [4.78, 5) is 115. The fourth-order valence-corrected chi connectivity index (χ4v) is 7.79. The zero-order chi connectivity index (χ0) is 62.7. The number of terminal acetylenes is 1. The van der Waals surface area contributed by atoms with E-state index < -0.39 is 177 Å². The van der Waals surface area contributed by atoms with Crippen molar-refractivity contribution in [2.75, 3.05) is 119 Å². The van der Waals surface area contributed by atoms with Gasteiger partial charge in [0.25, 0.3) is 0 Å². The second-order valence-corrected chi connectivity index (χ2v) is 18.0. The van der Waals surface area contributed by atoms with Crippen LogP contribution in [0.3, 0.4) is 0 Å². The standard InChI is InChI=1S/C48H77N13O23/c1-4-10-77-12-14-79-16-17-80-15-13-78-11-5-38(72)61(20-34(68)53-6-8-55-36(70)24-81-41(30(66)22-62)43-39(57-26(2)64)28(59-47(49)50)18-32(83-43)45(73)74)21-35(69)54-7-9-56-37(71)25-82-42(31(67)23-63)44-40(58-27(3)65)29(60-48(51)52)19-33(84-44)46(75)76/h1,18-19,28-31,39-44,62-63,66-67H,5-17,20-25H2,2-3H3,(H,53,68)(H,54,69)(H,55,70)(H,56,71)(H,57,64)(H,58,65)(H,73,74)(H,75,76)(H4,49,50,59)(H4,51,52,60)/t28-,29-,30+,31+,39+,40+,41+,42+,43+,44+/m0/s1. The SMILES string of the molecule is C#CCOCCOCCOCCOCCC(=O)N(CC(=O)NCCNC(=O)CO[C@@H]([C@@H]1OC(C(=O)O)=C[C@H](NC(=N)N)[C@H]1NC(C)=O)[C@H](O)CO)CC(=O)NCCNC(=O)CO[C@@H]([C@@H]1OC(C(=O)O)=C[C@H](NC(=N)N)[C@H]1NC(C)=O)[C@H](O)CO. The monoisotopic (exact) mass is 1200 g/mol. The molecule has 0 unspecified atom stereocenters. The first kappa shape index (κ1) is 72.1. The predicted molar refractivity (Wildman–Crippen MR) is 285 cm³/mol. The number of ether oxygens (including phenoxy) is 8. The molecule has 2 rings (SSSR count). The molecule has 0 aromatic carbocycles. The minimum absolute atomic E-state index is 0.0699. The van der Waals surface area contributed by atoms with Gasteiger partial charge in [-0.25, -0.2) is 9.59 Å². The molecule has 36 heteroatoms. The van der Waals surface area contributed by atoms with Crippen LogP contribution in [-0.4, -0.2) is 280 Å². The summed E-state index contributed by atoms with van der Waals surface area (Å²) in [6.45, 7) is -2.43. The first-order valence-corrected chi connectivity index (χ1v) is 25.8. The van der Waals surface area contributed by atoms with Crippen molar-refractivity contribution in [3.63, 3.8) is 0 Å². The van der Waals surface area contributed by atoms with Gasteiger partial charge in [0.15, 0.2) is 24.1 Å². The van der Waals surface area contributed by atoms with E-state index in [1.165, 1.54) is 0 Å². The molecule has 0 spiro atoms. The van der Waals surface area contributed by atoms with Gasteiger partial charge in [-0.3, -0.25) is 44.4 Å². The lowest BCUT2D eigenvalue weighted by Gasteiger charge is -2.41. The molecule has 2 aliphatic heterocycles. The Labute approximate surface area is 481 Å². The molecule has 0 saturated heterocycles. The molecular formula is C48H77N13O23. The summed E-state index contributed by atoms with van der Waals surface area (Å²) in [6.07, 6.45) is -3.32. The van der Waals surface area contributed by atoms with Gasteiger partial charge in [0.2, 0.25) is 52.9 Å². The van der Waals surface area contributed by atoms with E-state index in [9.17, 15) is 73.8 Å². The van der Waals surface area contributed by atoms with Crippen molar-refractivity contribution in [1.82, 2.24) is 47.4 Å². The van der Waals surface area contributed by atoms with Crippen LogP contribution in [0.1, 0.15) is 20.3 Å². The maximum atomic E-state index is 13.4. The predicted octanol–water partition coefficient (Wildman–Crippen LogP) is -9.71. The zero-order valence-corrected chi connectivity index (χ0v) is 46.2. The number of carbonyl (C=O) groups excluding carboxylic acids is 7. The van der Waals surface area contributed by atoms with E-state index in [-0.39, 0.29) is 72.2 Å². The molecule has 2 aliphatic rings. The number of aliphatic hydroxyl groups is 4. The molecule has 0 aromatic rings. The summed E-state index contributed by atoms with van der Waals surface area (Å²) in [6, 6.07) is -4.94. The maximum absolute atomic E-state index is 13.4. The van der Waals surface area contributed by atoms with Crippen LogP contribution in [0.5, 0.6) is 0 Å². The van der Waals surface area contributed by atoms with Crippen LogP contribution in [0.4, 0.5) is 0 Å². The number of rotatable bonds is 41. The van der Waals surface area contributed by atoms with Crippen LogP contribution in [0, 0.1) is 23.2 Å². The lowest BCUT2D eigenvalue weighted by molar-refractivity contribution is -0.159. The molecule has 0 radical (unpaired) electrons. The number of carboxylic acids is 2. The summed E-state index contributed by atoms with van der Waals surface area (Å²) < 4.78 is 43.6. The van der Waals surface area contributed by atoms with Crippen LogP contribution in [0.15, 0.2) is 23.7 Å². The maximum Gasteiger partial charge on any atom is 0.370 e. The zero-order valence-electron chi connectivity index (χ0n) is 46.2. The van der Waals surface area contributed by atoms with Crippen molar-refractivity contribution < 1.29 is 112 Å². The molecule has 84 heavy (non-hydrogen) atoms. The van der Waals surface area contributed by atoms with E-state index >= 15 is 0 Å². The van der Waals surface area contributed by atoms with Gasteiger partial charge in [0, 0.05) is 40.0 Å². The number of nitrogens with two attached hydrogens (primary N) is 2. The number of hydrogen-bond acceptors (Lipinski definition) is 23. The van der Waals surface area contributed by atoms with Crippen molar-refractivity contribution in [2.24, 2.45) is 11.5 Å². The average molecular weight is 1200 g/mol. The van der Waals surface area contributed by atoms with Gasteiger partial charge in [0.05, 0.1) is 90.1 Å². The van der Waals surface area contributed by atoms with Gasteiger partial charge < -0.3 is 127 Å². The highest BCUT2D eigenvalue weighted by Gasteiger charge is 2.47. The molecule has 10 atom stereocenters. The molecule has 0 aliphatic carbocycles. The van der Waals surface area contributed by atoms with Gasteiger partial charge in [-0.1, -0.05) is 5.92 Å². The Balaban J connectivity index is 2.06. The number of guanidine groups is 2. The first-order valence-electron chi connectivity index (χ1n) is 25.8. The molecule has 20 N–H and O–H groups in total. The van der Waals surface area contributed by atoms with Gasteiger partial charge in [0.1, 0.15) is 57.3 Å². The largest absolute Gasteiger partial charge is 0.478 e. The van der Waals surface area contributed by atoms with Gasteiger partial charge in [-0.15, -0.1) is 6.42 Å². The van der Waals surface area contributed by atoms with E-state index in [1.54, 1.807) is 0 Å². The summed E-state index contributed by atoms with van der Waals surface area (Å²) in [5.41, 5.74) is 10.9. The highest BCUT2D eigenvalue weighted by atomic mass is 16.6. The number of nitrogens with zero attached hydrogens (tertiary/aromatic N) is 1. The van der Waals surface area contributed by atoms with E-state index in [0.717, 1.165) is 30.9 Å². The Kier molecular flexibility index (Phi) is 33.9. The van der Waals surface area contributed by atoms with Crippen LogP contribution < -0.4 is 54.0 Å². The number of amides is 7. The lowest BCUT2D eigenvalue weighted by Crippen LogP contribution is -2.64. The van der Waals surface area contributed by atoms with Gasteiger partial charge >= 0.3 is 11.9 Å². The topological polar surface area (TPSA) is 548 Å². The Morgan fingerprint density at radius 2 is 0.964 bits per heavy atom. The van der Waals surface area contributed by atoms with Crippen molar-refractivity contribution in [1.29, 1.82) is 10.8 Å². The second kappa shape index (κ2) is 39.5. The lowest BCUT2D eigenvalue weighted by atomic mass is 9.91. The summed E-state index contributed by atoms with van der Waals surface area (Å²) in [5.74, 6) is -8.76. The Bertz CT molecular complexity index is 2190. The summed E-state index contributed by atoms with van der Waals surface area (Å²) >= 11 is 0. The highest BCUT2D eigenvalue weighted by molar-refractivity contribution is 5.89. The molecule has 2 heterocycles. The van der Waals surface area contributed by atoms with Crippen LogP contribution in [0.25, 0.3) is 0 Å². The molecule has 472 valence electrons. The van der Waals surface area contributed by atoms with Crippen molar-refractivity contribution in [3.05, 3.63) is 23.7 Å². The quantitative estimate of drug-likeness (QED) is 0.0117. The number of nitrogens with one attached hydrogen (secondary N) is 10. The fraction of sp³-hybridized carbons (Fsp3) is 0.646. The normalized spacial score (nSPS) is 19.4. The summed E-state index contributed by atoms with van der Waals surface area (Å²) in [7, 11) is 0. The minimum atomic E-state index is -1.81.